The largest absolute Gasteiger partial charge is 0.492 e. The Bertz CT molecular complexity index is 851. The molecule has 3 rings (SSSR count). The monoisotopic (exact) mass is 391 g/mol. The first-order valence-electron chi connectivity index (χ1n) is 8.09. The van der Waals surface area contributed by atoms with Gasteiger partial charge in [-0.25, -0.2) is 0 Å². The van der Waals surface area contributed by atoms with Crippen LogP contribution in [0.5, 0.6) is 5.75 Å². The molecule has 0 saturated heterocycles. The molecule has 0 aliphatic rings. The second kappa shape index (κ2) is 8.82. The molecule has 0 radical (unpaired) electrons. The van der Waals surface area contributed by atoms with E-state index in [-0.39, 0.29) is 5.91 Å². The molecule has 1 amide bonds. The Balaban J connectivity index is 1.41. The van der Waals surface area contributed by atoms with Crippen molar-refractivity contribution in [2.45, 2.75) is 12.8 Å². The highest BCUT2D eigenvalue weighted by atomic mass is 35.5. The minimum Gasteiger partial charge on any atom is -0.492 e. The van der Waals surface area contributed by atoms with Crippen molar-refractivity contribution in [1.82, 2.24) is 15.1 Å². The van der Waals surface area contributed by atoms with Gasteiger partial charge in [-0.15, -0.1) is 10.2 Å². The number of likely N-dealkylation sites (N-methyl/N-ethyl adjacent to an activating group) is 1. The van der Waals surface area contributed by atoms with Gasteiger partial charge in [0, 0.05) is 35.9 Å². The van der Waals surface area contributed by atoms with E-state index in [0.29, 0.717) is 48.5 Å². The maximum atomic E-state index is 12.2. The molecule has 0 fully saturated rings. The van der Waals surface area contributed by atoms with Crippen molar-refractivity contribution in [2.24, 2.45) is 0 Å². The molecule has 0 aliphatic heterocycles. The fourth-order valence-corrected chi connectivity index (χ4v) is 3.05. The van der Waals surface area contributed by atoms with Crippen molar-refractivity contribution in [1.29, 1.82) is 0 Å². The van der Waals surface area contributed by atoms with E-state index in [4.69, 9.17) is 20.8 Å². The van der Waals surface area contributed by atoms with Crippen molar-refractivity contribution in [2.75, 3.05) is 20.2 Å². The van der Waals surface area contributed by atoms with Crippen LogP contribution < -0.4 is 4.74 Å². The van der Waals surface area contributed by atoms with E-state index in [1.165, 1.54) is 0 Å². The first-order valence-corrected chi connectivity index (χ1v) is 9.41. The average Bonchev–Trinajstić information content (AvgIpc) is 3.31. The zero-order valence-corrected chi connectivity index (χ0v) is 15.8. The number of hydrogen-bond donors (Lipinski definition) is 0. The predicted octanol–water partition coefficient (Wildman–Crippen LogP) is 3.92. The van der Waals surface area contributed by atoms with E-state index in [1.54, 1.807) is 35.4 Å². The number of benzene rings is 1. The van der Waals surface area contributed by atoms with Gasteiger partial charge in [-0.1, -0.05) is 17.7 Å². The normalized spacial score (nSPS) is 10.7. The lowest BCUT2D eigenvalue weighted by molar-refractivity contribution is -0.130. The van der Waals surface area contributed by atoms with Gasteiger partial charge >= 0.3 is 0 Å². The average molecular weight is 392 g/mol. The van der Waals surface area contributed by atoms with Crippen molar-refractivity contribution in [3.63, 3.8) is 0 Å². The second-order valence-corrected chi connectivity index (χ2v) is 6.85. The smallest absolute Gasteiger partial charge is 0.248 e. The lowest BCUT2D eigenvalue weighted by Gasteiger charge is -2.17. The minimum absolute atomic E-state index is 0.00465. The summed E-state index contributed by atoms with van der Waals surface area (Å²) in [6, 6.07) is 9.09. The standard InChI is InChI=1S/C18H18ClN3O3S/c1-22(8-9-24-15-4-2-3-14(19)11-15)17(23)6-5-16-20-21-18(25-16)13-7-10-26-12-13/h2-4,7,10-12H,5-6,8-9H2,1H3. The van der Waals surface area contributed by atoms with Gasteiger partial charge in [-0.3, -0.25) is 4.79 Å². The van der Waals surface area contributed by atoms with Gasteiger partial charge in [0.05, 0.1) is 6.54 Å². The van der Waals surface area contributed by atoms with Crippen LogP contribution in [0.25, 0.3) is 11.5 Å². The third-order valence-electron chi connectivity index (χ3n) is 3.70. The summed E-state index contributed by atoms with van der Waals surface area (Å²) >= 11 is 7.47. The molecule has 2 heterocycles. The van der Waals surface area contributed by atoms with E-state index in [2.05, 4.69) is 10.2 Å². The van der Waals surface area contributed by atoms with Gasteiger partial charge < -0.3 is 14.1 Å². The van der Waals surface area contributed by atoms with Gasteiger partial charge in [0.2, 0.25) is 17.7 Å². The Morgan fingerprint density at radius 2 is 2.23 bits per heavy atom. The quantitative estimate of drug-likeness (QED) is 0.582. The molecule has 2 aromatic heterocycles. The van der Waals surface area contributed by atoms with Crippen LogP contribution in [0.4, 0.5) is 0 Å². The van der Waals surface area contributed by atoms with Crippen molar-refractivity contribution < 1.29 is 13.9 Å². The zero-order chi connectivity index (χ0) is 18.4. The van der Waals surface area contributed by atoms with Crippen LogP contribution in [0.3, 0.4) is 0 Å². The minimum atomic E-state index is -0.00465. The van der Waals surface area contributed by atoms with Gasteiger partial charge in [0.25, 0.3) is 0 Å². The molecule has 8 heteroatoms. The maximum absolute atomic E-state index is 12.2. The molecule has 6 nitrogen and oxygen atoms in total. The number of carbonyl (C=O) groups is 1. The zero-order valence-electron chi connectivity index (χ0n) is 14.2. The molecular formula is C18H18ClN3O3S. The molecule has 0 N–H and O–H groups in total. The molecule has 0 bridgehead atoms. The van der Waals surface area contributed by atoms with E-state index < -0.39 is 0 Å². The number of thiophene rings is 1. The van der Waals surface area contributed by atoms with Crippen LogP contribution in [-0.2, 0) is 11.2 Å². The summed E-state index contributed by atoms with van der Waals surface area (Å²) in [5.41, 5.74) is 0.898. The Morgan fingerprint density at radius 3 is 3.00 bits per heavy atom. The summed E-state index contributed by atoms with van der Waals surface area (Å²) in [6.07, 6.45) is 0.717. The Labute approximate surface area is 160 Å². The van der Waals surface area contributed by atoms with Crippen molar-refractivity contribution in [3.05, 3.63) is 52.0 Å². The van der Waals surface area contributed by atoms with E-state index in [1.807, 2.05) is 29.0 Å². The van der Waals surface area contributed by atoms with Crippen LogP contribution in [0, 0.1) is 0 Å². The fraction of sp³-hybridized carbons (Fsp3) is 0.278. The van der Waals surface area contributed by atoms with E-state index in [9.17, 15) is 4.79 Å². The molecular weight excluding hydrogens is 374 g/mol. The number of hydrogen-bond acceptors (Lipinski definition) is 6. The summed E-state index contributed by atoms with van der Waals surface area (Å²) < 4.78 is 11.2. The van der Waals surface area contributed by atoms with Gasteiger partial charge in [-0.2, -0.15) is 11.3 Å². The number of ether oxygens (including phenoxy) is 1. The molecule has 0 atom stereocenters. The van der Waals surface area contributed by atoms with Crippen molar-refractivity contribution >= 4 is 28.8 Å². The molecule has 1 aromatic carbocycles. The summed E-state index contributed by atoms with van der Waals surface area (Å²) in [4.78, 5) is 13.8. The molecule has 0 aliphatic carbocycles. The Hall–Kier alpha value is -2.38. The van der Waals surface area contributed by atoms with Crippen molar-refractivity contribution in [3.8, 4) is 17.2 Å². The molecule has 0 saturated carbocycles. The predicted molar refractivity (Wildman–Crippen MR) is 101 cm³/mol. The lowest BCUT2D eigenvalue weighted by atomic mass is 10.3. The summed E-state index contributed by atoms with van der Waals surface area (Å²) in [5.74, 6) is 1.63. The first-order chi connectivity index (χ1) is 12.6. The number of halogens is 1. The first kappa shape index (κ1) is 18.4. The topological polar surface area (TPSA) is 68.5 Å². The molecule has 3 aromatic rings. The van der Waals surface area contributed by atoms with E-state index in [0.717, 1.165) is 5.56 Å². The number of nitrogens with zero attached hydrogens (tertiary/aromatic N) is 3. The number of rotatable bonds is 8. The van der Waals surface area contributed by atoms with Crippen LogP contribution in [0.2, 0.25) is 5.02 Å². The number of amides is 1. The van der Waals surface area contributed by atoms with E-state index >= 15 is 0 Å². The third-order valence-corrected chi connectivity index (χ3v) is 4.62. The SMILES string of the molecule is CN(CCOc1cccc(Cl)c1)C(=O)CCc1nnc(-c2ccsc2)o1. The van der Waals surface area contributed by atoms with Gasteiger partial charge in [0.1, 0.15) is 12.4 Å². The second-order valence-electron chi connectivity index (χ2n) is 5.63. The Morgan fingerprint density at radius 1 is 1.35 bits per heavy atom. The highest BCUT2D eigenvalue weighted by Gasteiger charge is 2.13. The van der Waals surface area contributed by atoms with Gasteiger partial charge in [-0.05, 0) is 29.6 Å². The molecule has 0 spiro atoms. The summed E-state index contributed by atoms with van der Waals surface area (Å²) in [6.45, 7) is 0.876. The molecule has 26 heavy (non-hydrogen) atoms. The van der Waals surface area contributed by atoms with Crippen LogP contribution in [0.15, 0.2) is 45.5 Å². The highest BCUT2D eigenvalue weighted by molar-refractivity contribution is 7.08. The highest BCUT2D eigenvalue weighted by Crippen LogP contribution is 2.21. The molecule has 136 valence electrons. The van der Waals surface area contributed by atoms with Crippen LogP contribution in [0.1, 0.15) is 12.3 Å². The number of aromatic nitrogens is 2. The Kier molecular flexibility index (Phi) is 6.25. The summed E-state index contributed by atoms with van der Waals surface area (Å²) in [7, 11) is 1.74. The van der Waals surface area contributed by atoms with Gasteiger partial charge in [0.15, 0.2) is 0 Å². The lowest BCUT2D eigenvalue weighted by Crippen LogP contribution is -2.31. The summed E-state index contributed by atoms with van der Waals surface area (Å²) in [5, 5.41) is 12.5. The number of carbonyl (C=O) groups excluding carboxylic acids is 1. The third kappa shape index (κ3) is 5.06. The van der Waals surface area contributed by atoms with Crippen LogP contribution in [-0.4, -0.2) is 41.2 Å². The fourth-order valence-electron chi connectivity index (χ4n) is 2.24. The molecule has 0 unspecified atom stereocenters. The number of aryl methyl sites for hydroxylation is 1. The maximum Gasteiger partial charge on any atom is 0.248 e. The van der Waals surface area contributed by atoms with Crippen LogP contribution >= 0.6 is 22.9 Å².